The lowest BCUT2D eigenvalue weighted by atomic mass is 9.97. The molecule has 18 heavy (non-hydrogen) atoms. The van der Waals surface area contributed by atoms with Crippen molar-refractivity contribution in [1.82, 2.24) is 0 Å². The Morgan fingerprint density at radius 2 is 2.22 bits per heavy atom. The second-order valence-electron chi connectivity index (χ2n) is 4.98. The van der Waals surface area contributed by atoms with Crippen molar-refractivity contribution in [3.05, 3.63) is 21.9 Å². The summed E-state index contributed by atoms with van der Waals surface area (Å²) < 4.78 is 5.10. The largest absolute Gasteiger partial charge is 0.466 e. The highest BCUT2D eigenvalue weighted by Gasteiger charge is 2.28. The summed E-state index contributed by atoms with van der Waals surface area (Å²) in [6, 6.07) is 2.19. The van der Waals surface area contributed by atoms with E-state index in [4.69, 9.17) is 4.74 Å². The van der Waals surface area contributed by atoms with Gasteiger partial charge in [0.25, 0.3) is 0 Å². The van der Waals surface area contributed by atoms with Gasteiger partial charge in [-0.05, 0) is 30.9 Å². The summed E-state index contributed by atoms with van der Waals surface area (Å²) in [4.78, 5) is 14.7. The minimum atomic E-state index is 0.00357. The molecule has 1 aliphatic rings. The Morgan fingerprint density at radius 1 is 1.50 bits per heavy atom. The van der Waals surface area contributed by atoms with Crippen molar-refractivity contribution in [2.45, 2.75) is 33.2 Å². The average molecular weight is 268 g/mol. The highest BCUT2D eigenvalue weighted by molar-refractivity contribution is 7.10. The molecule has 0 atom stereocenters. The second-order valence-corrected chi connectivity index (χ2v) is 5.98. The van der Waals surface area contributed by atoms with Crippen molar-refractivity contribution in [1.29, 1.82) is 0 Å². The van der Waals surface area contributed by atoms with Crippen LogP contribution in [0.1, 0.15) is 30.2 Å². The van der Waals surface area contributed by atoms with Crippen LogP contribution in [0, 0.1) is 12.8 Å². The molecule has 1 fully saturated rings. The monoisotopic (exact) mass is 268 g/mol. The molecule has 0 spiro atoms. The summed E-state index contributed by atoms with van der Waals surface area (Å²) in [5.41, 5.74) is 1.40. The number of likely N-dealkylation sites (tertiary alicyclic amines) is 1. The van der Waals surface area contributed by atoms with E-state index < -0.39 is 0 Å². The molecule has 2 heterocycles. The van der Waals surface area contributed by atoms with Gasteiger partial charge < -0.3 is 9.64 Å². The zero-order chi connectivity index (χ0) is 13.0. The minimum absolute atomic E-state index is 0.00357. The topological polar surface area (TPSA) is 30.7 Å². The van der Waals surface area contributed by atoms with Crippen LogP contribution in [-0.4, -0.2) is 25.7 Å². The van der Waals surface area contributed by atoms with Gasteiger partial charge in [0.05, 0.1) is 30.5 Å². The zero-order valence-corrected chi connectivity index (χ0v) is 12.0. The van der Waals surface area contributed by atoms with Gasteiger partial charge in [-0.15, -0.1) is 11.3 Å². The van der Waals surface area contributed by atoms with Gasteiger partial charge in [-0.1, -0.05) is 0 Å². The van der Waals surface area contributed by atoms with Crippen molar-refractivity contribution in [2.24, 2.45) is 5.92 Å². The number of esters is 1. The number of carbonyl (C=O) groups excluding carboxylic acids is 1. The summed E-state index contributed by atoms with van der Waals surface area (Å²) in [7, 11) is 0. The molecule has 100 valence electrons. The van der Waals surface area contributed by atoms with Gasteiger partial charge in [0, 0.05) is 12.8 Å². The highest BCUT2D eigenvalue weighted by Crippen LogP contribution is 2.15. The molecule has 1 N–H and O–H groups in total. The fourth-order valence-electron chi connectivity index (χ4n) is 2.51. The number of carbonyl (C=O) groups is 1. The third kappa shape index (κ3) is 3.33. The molecular formula is C14H22NO2S+. The Hall–Kier alpha value is -0.870. The lowest BCUT2D eigenvalue weighted by Crippen LogP contribution is -3.11. The number of nitrogens with one attached hydrogen (secondary N) is 1. The standard InChI is InChI=1S/C14H21NO2S/c1-3-17-14(16)12-4-7-15(8-5-12)10-13-11(2)6-9-18-13/h6,9,12H,3-5,7-8,10H2,1-2H3/p+1. The Bertz CT molecular complexity index is 394. The lowest BCUT2D eigenvalue weighted by Gasteiger charge is -2.27. The molecule has 0 saturated carbocycles. The summed E-state index contributed by atoms with van der Waals surface area (Å²) in [6.45, 7) is 7.83. The molecule has 0 aromatic carbocycles. The van der Waals surface area contributed by atoms with Gasteiger partial charge in [0.1, 0.15) is 6.54 Å². The molecule has 1 saturated heterocycles. The van der Waals surface area contributed by atoms with Crippen LogP contribution in [0.25, 0.3) is 0 Å². The summed E-state index contributed by atoms with van der Waals surface area (Å²) in [6.07, 6.45) is 1.94. The van der Waals surface area contributed by atoms with E-state index in [9.17, 15) is 4.79 Å². The molecule has 3 nitrogen and oxygen atoms in total. The quantitative estimate of drug-likeness (QED) is 0.837. The molecule has 0 radical (unpaired) electrons. The van der Waals surface area contributed by atoms with Crippen molar-refractivity contribution in [3.63, 3.8) is 0 Å². The molecule has 1 aliphatic heterocycles. The second kappa shape index (κ2) is 6.34. The van der Waals surface area contributed by atoms with E-state index in [1.165, 1.54) is 10.4 Å². The molecule has 1 aromatic rings. The van der Waals surface area contributed by atoms with Gasteiger partial charge >= 0.3 is 5.97 Å². The maximum absolute atomic E-state index is 11.6. The fourth-order valence-corrected chi connectivity index (χ4v) is 3.49. The van der Waals surface area contributed by atoms with E-state index in [-0.39, 0.29) is 11.9 Å². The predicted octanol–water partition coefficient (Wildman–Crippen LogP) is 1.41. The smallest absolute Gasteiger partial charge is 0.309 e. The van der Waals surface area contributed by atoms with Gasteiger partial charge in [0.2, 0.25) is 0 Å². The molecule has 0 aliphatic carbocycles. The van der Waals surface area contributed by atoms with Crippen LogP contribution in [-0.2, 0) is 16.1 Å². The van der Waals surface area contributed by atoms with Crippen LogP contribution in [0.4, 0.5) is 0 Å². The Morgan fingerprint density at radius 3 is 2.78 bits per heavy atom. The molecule has 0 amide bonds. The molecule has 0 unspecified atom stereocenters. The first kappa shape index (κ1) is 13.6. The summed E-state index contributed by atoms with van der Waals surface area (Å²) in [5.74, 6) is 0.141. The van der Waals surface area contributed by atoms with Crippen LogP contribution in [0.2, 0.25) is 0 Å². The number of hydrogen-bond acceptors (Lipinski definition) is 3. The van der Waals surface area contributed by atoms with E-state index in [1.54, 1.807) is 4.90 Å². The van der Waals surface area contributed by atoms with Gasteiger partial charge in [0.15, 0.2) is 0 Å². The first-order valence-electron chi connectivity index (χ1n) is 6.74. The maximum Gasteiger partial charge on any atom is 0.309 e. The molecule has 4 heteroatoms. The molecule has 1 aromatic heterocycles. The minimum Gasteiger partial charge on any atom is -0.466 e. The Kier molecular flexibility index (Phi) is 4.78. The van der Waals surface area contributed by atoms with Crippen LogP contribution >= 0.6 is 11.3 Å². The molecule has 2 rings (SSSR count). The van der Waals surface area contributed by atoms with Gasteiger partial charge in [-0.3, -0.25) is 4.79 Å². The number of aryl methyl sites for hydroxylation is 1. The third-order valence-corrected chi connectivity index (χ3v) is 4.71. The van der Waals surface area contributed by atoms with E-state index in [2.05, 4.69) is 18.4 Å². The number of hydrogen-bond donors (Lipinski definition) is 1. The van der Waals surface area contributed by atoms with Crippen LogP contribution < -0.4 is 4.90 Å². The van der Waals surface area contributed by atoms with E-state index in [1.807, 2.05) is 18.3 Å². The Labute approximate surface area is 113 Å². The summed E-state index contributed by atoms with van der Waals surface area (Å²) >= 11 is 1.85. The predicted molar refractivity (Wildman–Crippen MR) is 72.8 cm³/mol. The Balaban J connectivity index is 1.80. The first-order chi connectivity index (χ1) is 8.70. The number of rotatable bonds is 4. The van der Waals surface area contributed by atoms with Gasteiger partial charge in [-0.2, -0.15) is 0 Å². The molecule has 0 bridgehead atoms. The van der Waals surface area contributed by atoms with Crippen LogP contribution in [0.5, 0.6) is 0 Å². The zero-order valence-electron chi connectivity index (χ0n) is 11.2. The third-order valence-electron chi connectivity index (χ3n) is 3.69. The lowest BCUT2D eigenvalue weighted by molar-refractivity contribution is -0.919. The van der Waals surface area contributed by atoms with Crippen LogP contribution in [0.15, 0.2) is 11.4 Å². The van der Waals surface area contributed by atoms with Crippen LogP contribution in [0.3, 0.4) is 0 Å². The van der Waals surface area contributed by atoms with E-state index >= 15 is 0 Å². The number of thiophene rings is 1. The van der Waals surface area contributed by atoms with E-state index in [0.29, 0.717) is 6.61 Å². The molecular weight excluding hydrogens is 246 g/mol. The SMILES string of the molecule is CCOC(=O)C1CC[NH+](Cc2sccc2C)CC1. The maximum atomic E-state index is 11.6. The number of piperidine rings is 1. The van der Waals surface area contributed by atoms with Crippen molar-refractivity contribution in [3.8, 4) is 0 Å². The number of quaternary nitrogens is 1. The normalized spacial score (nSPS) is 23.9. The fraction of sp³-hybridized carbons (Fsp3) is 0.643. The van der Waals surface area contributed by atoms with Gasteiger partial charge in [-0.25, -0.2) is 0 Å². The highest BCUT2D eigenvalue weighted by atomic mass is 32.1. The summed E-state index contributed by atoms with van der Waals surface area (Å²) in [5, 5.41) is 2.16. The van der Waals surface area contributed by atoms with Crippen molar-refractivity contribution in [2.75, 3.05) is 19.7 Å². The average Bonchev–Trinajstić information content (AvgIpc) is 2.76. The first-order valence-corrected chi connectivity index (χ1v) is 7.61. The van der Waals surface area contributed by atoms with Crippen molar-refractivity contribution < 1.29 is 14.4 Å². The van der Waals surface area contributed by atoms with E-state index in [0.717, 1.165) is 32.5 Å². The van der Waals surface area contributed by atoms with Crippen molar-refractivity contribution >= 4 is 17.3 Å². The number of ether oxygens (including phenoxy) is 1.